The molecule has 1 unspecified atom stereocenters. The SMILES string of the molecule is CC(CCN)c1cccc(CN2CCOCC2)c1. The number of nitrogens with zero attached hydrogens (tertiary/aromatic N) is 1. The molecular formula is C15H24N2O. The van der Waals surface area contributed by atoms with Gasteiger partial charge in [0.1, 0.15) is 0 Å². The van der Waals surface area contributed by atoms with E-state index in [-0.39, 0.29) is 0 Å². The predicted molar refractivity (Wildman–Crippen MR) is 74.6 cm³/mol. The van der Waals surface area contributed by atoms with Crippen molar-refractivity contribution in [1.82, 2.24) is 4.90 Å². The molecule has 0 spiro atoms. The van der Waals surface area contributed by atoms with Gasteiger partial charge < -0.3 is 10.5 Å². The maximum atomic E-state index is 5.63. The fourth-order valence-corrected chi connectivity index (χ4v) is 2.43. The van der Waals surface area contributed by atoms with Gasteiger partial charge in [-0.25, -0.2) is 0 Å². The van der Waals surface area contributed by atoms with Crippen LogP contribution in [0.5, 0.6) is 0 Å². The Morgan fingerprint density at radius 1 is 1.33 bits per heavy atom. The van der Waals surface area contributed by atoms with Crippen molar-refractivity contribution in [2.75, 3.05) is 32.8 Å². The predicted octanol–water partition coefficient (Wildman–Crippen LogP) is 1.97. The molecular weight excluding hydrogens is 224 g/mol. The van der Waals surface area contributed by atoms with E-state index in [0.717, 1.165) is 45.8 Å². The summed E-state index contributed by atoms with van der Waals surface area (Å²) in [6.45, 7) is 7.86. The van der Waals surface area contributed by atoms with Crippen LogP contribution in [0.3, 0.4) is 0 Å². The number of ether oxygens (including phenoxy) is 1. The van der Waals surface area contributed by atoms with Gasteiger partial charge in [0.15, 0.2) is 0 Å². The quantitative estimate of drug-likeness (QED) is 0.866. The Kier molecular flexibility index (Phi) is 5.17. The molecule has 0 aliphatic carbocycles. The third kappa shape index (κ3) is 3.80. The van der Waals surface area contributed by atoms with Crippen LogP contribution in [0, 0.1) is 0 Å². The second-order valence-corrected chi connectivity index (χ2v) is 5.11. The monoisotopic (exact) mass is 248 g/mol. The molecule has 100 valence electrons. The fraction of sp³-hybridized carbons (Fsp3) is 0.600. The summed E-state index contributed by atoms with van der Waals surface area (Å²) in [4.78, 5) is 2.45. The summed E-state index contributed by atoms with van der Waals surface area (Å²) in [6, 6.07) is 8.92. The van der Waals surface area contributed by atoms with Gasteiger partial charge in [-0.05, 0) is 30.0 Å². The largest absolute Gasteiger partial charge is 0.379 e. The second kappa shape index (κ2) is 6.88. The number of benzene rings is 1. The van der Waals surface area contributed by atoms with Crippen molar-refractivity contribution in [3.63, 3.8) is 0 Å². The first-order valence-corrected chi connectivity index (χ1v) is 6.88. The molecule has 0 radical (unpaired) electrons. The molecule has 1 atom stereocenters. The summed E-state index contributed by atoms with van der Waals surface area (Å²) in [7, 11) is 0. The Morgan fingerprint density at radius 2 is 2.11 bits per heavy atom. The van der Waals surface area contributed by atoms with E-state index in [1.807, 2.05) is 0 Å². The van der Waals surface area contributed by atoms with Crippen molar-refractivity contribution in [2.24, 2.45) is 5.73 Å². The Labute approximate surface area is 110 Å². The molecule has 1 saturated heterocycles. The maximum absolute atomic E-state index is 5.63. The number of hydrogen-bond acceptors (Lipinski definition) is 3. The van der Waals surface area contributed by atoms with E-state index in [1.165, 1.54) is 11.1 Å². The van der Waals surface area contributed by atoms with Gasteiger partial charge in [-0.1, -0.05) is 31.2 Å². The van der Waals surface area contributed by atoms with Crippen LogP contribution in [0.25, 0.3) is 0 Å². The molecule has 1 aromatic rings. The van der Waals surface area contributed by atoms with Crippen molar-refractivity contribution in [2.45, 2.75) is 25.8 Å². The molecule has 18 heavy (non-hydrogen) atoms. The summed E-state index contributed by atoms with van der Waals surface area (Å²) in [6.07, 6.45) is 1.06. The minimum atomic E-state index is 0.555. The molecule has 1 aliphatic heterocycles. The molecule has 1 heterocycles. The van der Waals surface area contributed by atoms with E-state index < -0.39 is 0 Å². The van der Waals surface area contributed by atoms with Crippen LogP contribution in [0.2, 0.25) is 0 Å². The summed E-state index contributed by atoms with van der Waals surface area (Å²) in [5.41, 5.74) is 8.44. The lowest BCUT2D eigenvalue weighted by Crippen LogP contribution is -2.35. The molecule has 0 amide bonds. The zero-order chi connectivity index (χ0) is 12.8. The summed E-state index contributed by atoms with van der Waals surface area (Å²) in [5.74, 6) is 0.555. The van der Waals surface area contributed by atoms with Crippen LogP contribution in [-0.4, -0.2) is 37.7 Å². The molecule has 3 heteroatoms. The van der Waals surface area contributed by atoms with Crippen molar-refractivity contribution in [3.05, 3.63) is 35.4 Å². The third-order valence-electron chi connectivity index (χ3n) is 3.63. The number of morpholine rings is 1. The Bertz CT molecular complexity index is 361. The Balaban J connectivity index is 1.97. The van der Waals surface area contributed by atoms with Crippen molar-refractivity contribution < 1.29 is 4.74 Å². The van der Waals surface area contributed by atoms with Gasteiger partial charge in [0, 0.05) is 19.6 Å². The van der Waals surface area contributed by atoms with Crippen molar-refractivity contribution in [3.8, 4) is 0 Å². The number of rotatable bonds is 5. The average molecular weight is 248 g/mol. The van der Waals surface area contributed by atoms with Crippen LogP contribution in [-0.2, 0) is 11.3 Å². The third-order valence-corrected chi connectivity index (χ3v) is 3.63. The van der Waals surface area contributed by atoms with Gasteiger partial charge in [0.05, 0.1) is 13.2 Å². The van der Waals surface area contributed by atoms with Crippen LogP contribution >= 0.6 is 0 Å². The lowest BCUT2D eigenvalue weighted by molar-refractivity contribution is 0.0342. The van der Waals surface area contributed by atoms with Crippen molar-refractivity contribution >= 4 is 0 Å². The molecule has 1 fully saturated rings. The summed E-state index contributed by atoms with van der Waals surface area (Å²) < 4.78 is 5.38. The molecule has 2 N–H and O–H groups in total. The van der Waals surface area contributed by atoms with E-state index in [9.17, 15) is 0 Å². The van der Waals surface area contributed by atoms with Crippen LogP contribution in [0.15, 0.2) is 24.3 Å². The topological polar surface area (TPSA) is 38.5 Å². The van der Waals surface area contributed by atoms with Gasteiger partial charge in [-0.15, -0.1) is 0 Å². The Hall–Kier alpha value is -0.900. The normalized spacial score (nSPS) is 18.8. The molecule has 0 saturated carbocycles. The van der Waals surface area contributed by atoms with Gasteiger partial charge in [-0.2, -0.15) is 0 Å². The van der Waals surface area contributed by atoms with E-state index in [1.54, 1.807) is 0 Å². The standard InChI is InChI=1S/C15H24N2O/c1-13(5-6-16)15-4-2-3-14(11-15)12-17-7-9-18-10-8-17/h2-4,11,13H,5-10,12,16H2,1H3. The highest BCUT2D eigenvalue weighted by atomic mass is 16.5. The van der Waals surface area contributed by atoms with Gasteiger partial charge in [0.25, 0.3) is 0 Å². The first-order valence-electron chi connectivity index (χ1n) is 6.88. The maximum Gasteiger partial charge on any atom is 0.0594 e. The Morgan fingerprint density at radius 3 is 2.83 bits per heavy atom. The highest BCUT2D eigenvalue weighted by Crippen LogP contribution is 2.20. The molecule has 0 aromatic heterocycles. The lowest BCUT2D eigenvalue weighted by atomic mass is 9.96. The summed E-state index contributed by atoms with van der Waals surface area (Å²) >= 11 is 0. The van der Waals surface area contributed by atoms with Crippen LogP contribution in [0.1, 0.15) is 30.4 Å². The zero-order valence-corrected chi connectivity index (χ0v) is 11.3. The molecule has 0 bridgehead atoms. The lowest BCUT2D eigenvalue weighted by Gasteiger charge is -2.26. The molecule has 1 aliphatic rings. The minimum absolute atomic E-state index is 0.555. The number of hydrogen-bond donors (Lipinski definition) is 1. The average Bonchev–Trinajstić information content (AvgIpc) is 2.40. The van der Waals surface area contributed by atoms with Crippen LogP contribution in [0.4, 0.5) is 0 Å². The summed E-state index contributed by atoms with van der Waals surface area (Å²) in [5, 5.41) is 0. The number of nitrogens with two attached hydrogens (primary N) is 1. The molecule has 2 rings (SSSR count). The second-order valence-electron chi connectivity index (χ2n) is 5.11. The van der Waals surface area contributed by atoms with E-state index >= 15 is 0 Å². The minimum Gasteiger partial charge on any atom is -0.379 e. The van der Waals surface area contributed by atoms with Crippen LogP contribution < -0.4 is 5.73 Å². The fourth-order valence-electron chi connectivity index (χ4n) is 2.43. The van der Waals surface area contributed by atoms with Gasteiger partial charge in [-0.3, -0.25) is 4.90 Å². The highest BCUT2D eigenvalue weighted by Gasteiger charge is 2.11. The van der Waals surface area contributed by atoms with E-state index in [2.05, 4.69) is 36.1 Å². The van der Waals surface area contributed by atoms with E-state index in [4.69, 9.17) is 10.5 Å². The molecule has 1 aromatic carbocycles. The highest BCUT2D eigenvalue weighted by molar-refractivity contribution is 5.26. The smallest absolute Gasteiger partial charge is 0.0594 e. The first-order chi connectivity index (χ1) is 8.79. The van der Waals surface area contributed by atoms with Gasteiger partial charge in [0.2, 0.25) is 0 Å². The molecule has 3 nitrogen and oxygen atoms in total. The van der Waals surface area contributed by atoms with E-state index in [0.29, 0.717) is 5.92 Å². The first kappa shape index (κ1) is 13.5. The zero-order valence-electron chi connectivity index (χ0n) is 11.3. The van der Waals surface area contributed by atoms with Crippen molar-refractivity contribution in [1.29, 1.82) is 0 Å². The van der Waals surface area contributed by atoms with Gasteiger partial charge >= 0.3 is 0 Å².